The third kappa shape index (κ3) is 5.52. The topological polar surface area (TPSA) is 89.0 Å². The second kappa shape index (κ2) is 10.8. The molecule has 1 atom stereocenters. The van der Waals surface area contributed by atoms with Crippen molar-refractivity contribution in [2.24, 2.45) is 0 Å². The SMILES string of the molecule is COCN(c1cc(Cl)cnc1C(O)c1c(F)cccc1OC)S(=O)(=O)c1ccc(Cl)c(C(F)(F)F)c1. The van der Waals surface area contributed by atoms with Gasteiger partial charge in [-0.25, -0.2) is 17.1 Å². The lowest BCUT2D eigenvalue weighted by Gasteiger charge is -2.27. The van der Waals surface area contributed by atoms with Crippen molar-refractivity contribution in [3.63, 3.8) is 0 Å². The number of benzene rings is 2. The van der Waals surface area contributed by atoms with Crippen LogP contribution in [0.15, 0.2) is 53.6 Å². The molecule has 1 heterocycles. The van der Waals surface area contributed by atoms with Gasteiger partial charge in [0.25, 0.3) is 10.0 Å². The molecule has 3 aromatic rings. The van der Waals surface area contributed by atoms with Gasteiger partial charge >= 0.3 is 6.18 Å². The summed E-state index contributed by atoms with van der Waals surface area (Å²) in [5.41, 5.74) is -2.47. The zero-order valence-corrected chi connectivity index (χ0v) is 20.9. The van der Waals surface area contributed by atoms with Crippen molar-refractivity contribution in [1.29, 1.82) is 0 Å². The maximum absolute atomic E-state index is 14.7. The average molecular weight is 569 g/mol. The number of anilines is 1. The zero-order chi connectivity index (χ0) is 26.8. The Morgan fingerprint density at radius 3 is 2.44 bits per heavy atom. The third-order valence-corrected chi connectivity index (χ3v) is 7.24. The lowest BCUT2D eigenvalue weighted by atomic mass is 10.0. The average Bonchev–Trinajstić information content (AvgIpc) is 2.81. The summed E-state index contributed by atoms with van der Waals surface area (Å²) in [6, 6.07) is 6.88. The summed E-state index contributed by atoms with van der Waals surface area (Å²) < 4.78 is 92.5. The highest BCUT2D eigenvalue weighted by Crippen LogP contribution is 2.40. The minimum Gasteiger partial charge on any atom is -0.496 e. The van der Waals surface area contributed by atoms with E-state index in [0.29, 0.717) is 10.4 Å². The Morgan fingerprint density at radius 1 is 1.14 bits per heavy atom. The Balaban J connectivity index is 2.23. The van der Waals surface area contributed by atoms with E-state index in [2.05, 4.69) is 4.98 Å². The van der Waals surface area contributed by atoms with E-state index in [1.807, 2.05) is 0 Å². The summed E-state index contributed by atoms with van der Waals surface area (Å²) in [6.45, 7) is -0.720. The fourth-order valence-corrected chi connectivity index (χ4v) is 5.13. The minimum absolute atomic E-state index is 0.0566. The van der Waals surface area contributed by atoms with E-state index in [1.54, 1.807) is 0 Å². The Hall–Kier alpha value is -2.64. The predicted octanol–water partition coefficient (Wildman–Crippen LogP) is 5.44. The standard InChI is InChI=1S/C22H18Cl2F4N2O5S/c1-34-11-30(36(32,33)13-6-7-15(24)14(9-13)22(26,27)28)17-8-12(23)10-29-20(17)21(31)19-16(25)4-3-5-18(19)35-2/h3-10,21,31H,11H2,1-2H3. The first-order valence-corrected chi connectivity index (χ1v) is 12.1. The van der Waals surface area contributed by atoms with E-state index in [1.165, 1.54) is 19.2 Å². The minimum atomic E-state index is -4.94. The molecule has 0 spiro atoms. The number of methoxy groups -OCH3 is 2. The van der Waals surface area contributed by atoms with Gasteiger partial charge in [0.15, 0.2) is 0 Å². The quantitative estimate of drug-likeness (QED) is 0.287. The molecule has 0 saturated carbocycles. The van der Waals surface area contributed by atoms with Gasteiger partial charge in [-0.15, -0.1) is 0 Å². The van der Waals surface area contributed by atoms with Crippen LogP contribution in [-0.2, 0) is 20.9 Å². The molecule has 2 aromatic carbocycles. The number of aliphatic hydroxyl groups is 1. The van der Waals surface area contributed by atoms with E-state index in [0.717, 1.165) is 37.6 Å². The number of halogens is 6. The highest BCUT2D eigenvalue weighted by molar-refractivity contribution is 7.92. The van der Waals surface area contributed by atoms with Gasteiger partial charge in [0.05, 0.1) is 44.6 Å². The number of aliphatic hydroxyl groups excluding tert-OH is 1. The molecule has 0 bridgehead atoms. The molecular weight excluding hydrogens is 551 g/mol. The van der Waals surface area contributed by atoms with Crippen molar-refractivity contribution in [2.75, 3.05) is 25.3 Å². The third-order valence-electron chi connectivity index (χ3n) is 4.98. The molecule has 1 aromatic heterocycles. The van der Waals surface area contributed by atoms with E-state index in [4.69, 9.17) is 32.7 Å². The molecule has 0 radical (unpaired) electrons. The van der Waals surface area contributed by atoms with Crippen molar-refractivity contribution in [1.82, 2.24) is 4.98 Å². The highest BCUT2D eigenvalue weighted by Gasteiger charge is 2.37. The smallest absolute Gasteiger partial charge is 0.417 e. The number of pyridine rings is 1. The van der Waals surface area contributed by atoms with E-state index < -0.39 is 50.3 Å². The van der Waals surface area contributed by atoms with Gasteiger partial charge in [-0.2, -0.15) is 13.2 Å². The van der Waals surface area contributed by atoms with Gasteiger partial charge in [-0.05, 0) is 36.4 Å². The van der Waals surface area contributed by atoms with Crippen molar-refractivity contribution >= 4 is 38.9 Å². The number of aromatic nitrogens is 1. The van der Waals surface area contributed by atoms with Crippen LogP contribution in [-0.4, -0.2) is 39.5 Å². The first kappa shape index (κ1) is 27.9. The number of nitrogens with zero attached hydrogens (tertiary/aromatic N) is 2. The van der Waals surface area contributed by atoms with Gasteiger partial charge in [0, 0.05) is 13.3 Å². The molecule has 7 nitrogen and oxygen atoms in total. The van der Waals surface area contributed by atoms with E-state index in [-0.39, 0.29) is 27.7 Å². The fourth-order valence-electron chi connectivity index (χ4n) is 3.34. The molecule has 0 aliphatic rings. The van der Waals surface area contributed by atoms with Crippen molar-refractivity contribution < 1.29 is 40.6 Å². The first-order chi connectivity index (χ1) is 16.8. The summed E-state index contributed by atoms with van der Waals surface area (Å²) in [5, 5.41) is 10.3. The summed E-state index contributed by atoms with van der Waals surface area (Å²) in [4.78, 5) is 3.21. The second-order valence-electron chi connectivity index (χ2n) is 7.23. The van der Waals surface area contributed by atoms with Gasteiger partial charge in [0.2, 0.25) is 0 Å². The van der Waals surface area contributed by atoms with Crippen LogP contribution >= 0.6 is 23.2 Å². The molecular formula is C22H18Cl2F4N2O5S. The Morgan fingerprint density at radius 2 is 1.83 bits per heavy atom. The normalized spacial score (nSPS) is 12.9. The molecule has 0 aliphatic heterocycles. The van der Waals surface area contributed by atoms with Gasteiger partial charge < -0.3 is 14.6 Å². The van der Waals surface area contributed by atoms with Gasteiger partial charge in [0.1, 0.15) is 24.4 Å². The molecule has 14 heteroatoms. The Bertz CT molecular complexity index is 1370. The lowest BCUT2D eigenvalue weighted by Crippen LogP contribution is -2.34. The molecule has 0 amide bonds. The van der Waals surface area contributed by atoms with Crippen LogP contribution in [0.1, 0.15) is 22.9 Å². The molecule has 1 N–H and O–H groups in total. The lowest BCUT2D eigenvalue weighted by molar-refractivity contribution is -0.137. The fraction of sp³-hybridized carbons (Fsp3) is 0.227. The summed E-state index contributed by atoms with van der Waals surface area (Å²) in [5.74, 6) is -0.933. The molecule has 0 aliphatic carbocycles. The molecule has 0 saturated heterocycles. The van der Waals surface area contributed by atoms with Gasteiger partial charge in [-0.1, -0.05) is 29.3 Å². The Labute approximate surface area is 213 Å². The largest absolute Gasteiger partial charge is 0.496 e. The van der Waals surface area contributed by atoms with Crippen LogP contribution in [0, 0.1) is 5.82 Å². The monoisotopic (exact) mass is 568 g/mol. The summed E-state index contributed by atoms with van der Waals surface area (Å²) in [6.07, 6.45) is -5.72. The van der Waals surface area contributed by atoms with Crippen LogP contribution in [0.2, 0.25) is 10.0 Å². The van der Waals surface area contributed by atoms with Crippen molar-refractivity contribution in [3.8, 4) is 5.75 Å². The van der Waals surface area contributed by atoms with E-state index >= 15 is 0 Å². The van der Waals surface area contributed by atoms with Crippen molar-refractivity contribution in [2.45, 2.75) is 17.2 Å². The number of sulfonamides is 1. The highest BCUT2D eigenvalue weighted by atomic mass is 35.5. The molecule has 0 fully saturated rings. The van der Waals surface area contributed by atoms with Crippen LogP contribution in [0.5, 0.6) is 5.75 Å². The second-order valence-corrected chi connectivity index (χ2v) is 9.93. The van der Waals surface area contributed by atoms with E-state index in [9.17, 15) is 31.1 Å². The summed E-state index contributed by atoms with van der Waals surface area (Å²) >= 11 is 11.7. The molecule has 194 valence electrons. The predicted molar refractivity (Wildman–Crippen MR) is 124 cm³/mol. The molecule has 3 rings (SSSR count). The number of hydrogen-bond acceptors (Lipinski definition) is 6. The van der Waals surface area contributed by atoms with Crippen LogP contribution in [0.25, 0.3) is 0 Å². The van der Waals surface area contributed by atoms with Gasteiger partial charge in [-0.3, -0.25) is 4.98 Å². The summed E-state index contributed by atoms with van der Waals surface area (Å²) in [7, 11) is -2.41. The number of alkyl halides is 3. The number of rotatable bonds is 8. The van der Waals surface area contributed by atoms with Crippen LogP contribution < -0.4 is 9.04 Å². The van der Waals surface area contributed by atoms with Crippen molar-refractivity contribution in [3.05, 3.63) is 81.3 Å². The number of hydrogen-bond donors (Lipinski definition) is 1. The molecule has 1 unspecified atom stereocenters. The first-order valence-electron chi connectivity index (χ1n) is 9.87. The van der Waals surface area contributed by atoms with Crippen LogP contribution in [0.3, 0.4) is 0 Å². The number of ether oxygens (including phenoxy) is 2. The maximum atomic E-state index is 14.7. The maximum Gasteiger partial charge on any atom is 0.417 e. The Kier molecular flexibility index (Phi) is 8.36. The van der Waals surface area contributed by atoms with Crippen LogP contribution in [0.4, 0.5) is 23.2 Å². The zero-order valence-electron chi connectivity index (χ0n) is 18.6. The molecule has 36 heavy (non-hydrogen) atoms.